The van der Waals surface area contributed by atoms with Crippen LogP contribution in [0.1, 0.15) is 24.4 Å². The fourth-order valence-corrected chi connectivity index (χ4v) is 3.46. The lowest BCUT2D eigenvalue weighted by atomic mass is 10.1. The third-order valence-electron chi connectivity index (χ3n) is 4.87. The second kappa shape index (κ2) is 9.28. The number of nitrogens with one attached hydrogen (secondary N) is 2. The number of urea groups is 1. The van der Waals surface area contributed by atoms with Crippen molar-refractivity contribution in [2.75, 3.05) is 39.2 Å². The zero-order valence-electron chi connectivity index (χ0n) is 15.9. The van der Waals surface area contributed by atoms with Crippen LogP contribution in [0.4, 0.5) is 10.5 Å². The van der Waals surface area contributed by atoms with Gasteiger partial charge in [0.2, 0.25) is 0 Å². The predicted molar refractivity (Wildman–Crippen MR) is 107 cm³/mol. The number of nitrogens with zero attached hydrogens (tertiary/aromatic N) is 1. The summed E-state index contributed by atoms with van der Waals surface area (Å²) in [5.41, 5.74) is 1.80. The van der Waals surface area contributed by atoms with Gasteiger partial charge in [0.05, 0.1) is 25.9 Å². The third kappa shape index (κ3) is 4.92. The van der Waals surface area contributed by atoms with Gasteiger partial charge in [0.15, 0.2) is 0 Å². The standard InChI is InChI=1S/C21H27N3O3/c1-26-17-9-7-8-16(14-17)19(24-12-5-6-13-24)15-22-21(25)23-18-10-3-4-11-20(18)27-2/h3-4,7-11,14,19H,5-6,12-13,15H2,1-2H3,(H2,22,23,25)/t19-/m1/s1. The van der Waals surface area contributed by atoms with E-state index >= 15 is 0 Å². The maximum absolute atomic E-state index is 12.4. The van der Waals surface area contributed by atoms with Crippen LogP contribution in [-0.2, 0) is 0 Å². The molecule has 0 radical (unpaired) electrons. The molecule has 6 nitrogen and oxygen atoms in total. The SMILES string of the molecule is COc1cccc([C@@H](CNC(=O)Nc2ccccc2OC)N2CCCC2)c1. The number of benzene rings is 2. The Morgan fingerprint density at radius 1 is 1.07 bits per heavy atom. The quantitative estimate of drug-likeness (QED) is 0.782. The van der Waals surface area contributed by atoms with Gasteiger partial charge < -0.3 is 20.1 Å². The lowest BCUT2D eigenvalue weighted by Crippen LogP contribution is -2.38. The van der Waals surface area contributed by atoms with Crippen LogP contribution in [0.2, 0.25) is 0 Å². The topological polar surface area (TPSA) is 62.8 Å². The number of hydrogen-bond donors (Lipinski definition) is 2. The molecular weight excluding hydrogens is 342 g/mol. The van der Waals surface area contributed by atoms with E-state index in [0.29, 0.717) is 18.0 Å². The highest BCUT2D eigenvalue weighted by molar-refractivity contribution is 5.90. The minimum Gasteiger partial charge on any atom is -0.497 e. The van der Waals surface area contributed by atoms with Gasteiger partial charge in [0.1, 0.15) is 11.5 Å². The summed E-state index contributed by atoms with van der Waals surface area (Å²) < 4.78 is 10.6. The number of rotatable bonds is 7. The van der Waals surface area contributed by atoms with Crippen molar-refractivity contribution < 1.29 is 14.3 Å². The number of ether oxygens (including phenoxy) is 2. The highest BCUT2D eigenvalue weighted by atomic mass is 16.5. The summed E-state index contributed by atoms with van der Waals surface area (Å²) in [5.74, 6) is 1.46. The van der Waals surface area contributed by atoms with Crippen molar-refractivity contribution in [3.05, 3.63) is 54.1 Å². The Morgan fingerprint density at radius 3 is 2.59 bits per heavy atom. The van der Waals surface area contributed by atoms with Crippen molar-refractivity contribution in [2.45, 2.75) is 18.9 Å². The largest absolute Gasteiger partial charge is 0.497 e. The van der Waals surface area contributed by atoms with Gasteiger partial charge in [0, 0.05) is 6.54 Å². The van der Waals surface area contributed by atoms with E-state index in [4.69, 9.17) is 9.47 Å². The number of amides is 2. The molecule has 0 saturated carbocycles. The maximum atomic E-state index is 12.4. The van der Waals surface area contributed by atoms with Crippen LogP contribution >= 0.6 is 0 Å². The summed E-state index contributed by atoms with van der Waals surface area (Å²) in [4.78, 5) is 14.8. The number of para-hydroxylation sites is 2. The van der Waals surface area contributed by atoms with E-state index in [1.54, 1.807) is 14.2 Å². The molecule has 2 amide bonds. The van der Waals surface area contributed by atoms with Crippen molar-refractivity contribution in [3.63, 3.8) is 0 Å². The van der Waals surface area contributed by atoms with E-state index in [1.807, 2.05) is 42.5 Å². The number of likely N-dealkylation sites (tertiary alicyclic amines) is 1. The first-order valence-corrected chi connectivity index (χ1v) is 9.27. The van der Waals surface area contributed by atoms with Crippen LogP contribution in [0, 0.1) is 0 Å². The first-order valence-electron chi connectivity index (χ1n) is 9.27. The van der Waals surface area contributed by atoms with Crippen LogP contribution in [-0.4, -0.2) is 44.8 Å². The molecule has 2 aromatic carbocycles. The molecule has 27 heavy (non-hydrogen) atoms. The zero-order valence-corrected chi connectivity index (χ0v) is 15.9. The highest BCUT2D eigenvalue weighted by Crippen LogP contribution is 2.27. The van der Waals surface area contributed by atoms with Gasteiger partial charge in [-0.3, -0.25) is 4.90 Å². The average molecular weight is 369 g/mol. The molecule has 1 fully saturated rings. The number of carbonyl (C=O) groups is 1. The van der Waals surface area contributed by atoms with E-state index in [1.165, 1.54) is 12.8 Å². The Hall–Kier alpha value is -2.73. The molecule has 1 atom stereocenters. The molecule has 0 unspecified atom stereocenters. The molecule has 6 heteroatoms. The summed E-state index contributed by atoms with van der Waals surface area (Å²) in [6, 6.07) is 15.3. The fraction of sp³-hybridized carbons (Fsp3) is 0.381. The summed E-state index contributed by atoms with van der Waals surface area (Å²) in [5, 5.41) is 5.87. The maximum Gasteiger partial charge on any atom is 0.319 e. The Bertz CT molecular complexity index is 760. The van der Waals surface area contributed by atoms with Crippen LogP contribution in [0.15, 0.2) is 48.5 Å². The van der Waals surface area contributed by atoms with Gasteiger partial charge in [-0.25, -0.2) is 4.79 Å². The average Bonchev–Trinajstić information content (AvgIpc) is 3.23. The molecule has 0 aliphatic carbocycles. The van der Waals surface area contributed by atoms with Crippen molar-refractivity contribution in [2.24, 2.45) is 0 Å². The number of hydrogen-bond acceptors (Lipinski definition) is 4. The summed E-state index contributed by atoms with van der Waals surface area (Å²) in [7, 11) is 3.26. The van der Waals surface area contributed by atoms with Crippen molar-refractivity contribution >= 4 is 11.7 Å². The van der Waals surface area contributed by atoms with E-state index in [9.17, 15) is 4.79 Å². The lowest BCUT2D eigenvalue weighted by Gasteiger charge is -2.28. The molecule has 2 aromatic rings. The molecule has 2 N–H and O–H groups in total. The van der Waals surface area contributed by atoms with Crippen molar-refractivity contribution in [3.8, 4) is 11.5 Å². The summed E-state index contributed by atoms with van der Waals surface area (Å²) in [6.07, 6.45) is 2.38. The van der Waals surface area contributed by atoms with Gasteiger partial charge in [-0.2, -0.15) is 0 Å². The predicted octanol–water partition coefficient (Wildman–Crippen LogP) is 3.66. The molecule has 0 bridgehead atoms. The van der Waals surface area contributed by atoms with E-state index in [2.05, 4.69) is 21.6 Å². The highest BCUT2D eigenvalue weighted by Gasteiger charge is 2.24. The third-order valence-corrected chi connectivity index (χ3v) is 4.87. The summed E-state index contributed by atoms with van der Waals surface area (Å²) >= 11 is 0. The molecule has 144 valence electrons. The van der Waals surface area contributed by atoms with E-state index < -0.39 is 0 Å². The lowest BCUT2D eigenvalue weighted by molar-refractivity contribution is 0.227. The smallest absolute Gasteiger partial charge is 0.319 e. The Kier molecular flexibility index (Phi) is 6.54. The fourth-order valence-electron chi connectivity index (χ4n) is 3.46. The molecule has 0 aromatic heterocycles. The number of anilines is 1. The Labute approximate surface area is 160 Å². The second-order valence-corrected chi connectivity index (χ2v) is 6.57. The molecule has 1 aliphatic rings. The molecule has 1 saturated heterocycles. The second-order valence-electron chi connectivity index (χ2n) is 6.57. The molecule has 0 spiro atoms. The van der Waals surface area contributed by atoms with Crippen LogP contribution in [0.25, 0.3) is 0 Å². The monoisotopic (exact) mass is 369 g/mol. The Balaban J connectivity index is 1.68. The van der Waals surface area contributed by atoms with Crippen molar-refractivity contribution in [1.29, 1.82) is 0 Å². The molecule has 1 aliphatic heterocycles. The summed E-state index contributed by atoms with van der Waals surface area (Å²) in [6.45, 7) is 2.60. The van der Waals surface area contributed by atoms with Gasteiger partial charge in [-0.05, 0) is 55.8 Å². The number of methoxy groups -OCH3 is 2. The van der Waals surface area contributed by atoms with Crippen LogP contribution < -0.4 is 20.1 Å². The Morgan fingerprint density at radius 2 is 1.85 bits per heavy atom. The van der Waals surface area contributed by atoms with E-state index in [0.717, 1.165) is 24.4 Å². The first-order chi connectivity index (χ1) is 13.2. The molecule has 3 rings (SSSR count). The van der Waals surface area contributed by atoms with Gasteiger partial charge in [0.25, 0.3) is 0 Å². The van der Waals surface area contributed by atoms with Gasteiger partial charge in [-0.1, -0.05) is 24.3 Å². The zero-order chi connectivity index (χ0) is 19.1. The minimum atomic E-state index is -0.244. The first kappa shape index (κ1) is 19.0. The normalized spacial score (nSPS) is 15.2. The number of carbonyl (C=O) groups excluding carboxylic acids is 1. The van der Waals surface area contributed by atoms with Crippen molar-refractivity contribution in [1.82, 2.24) is 10.2 Å². The van der Waals surface area contributed by atoms with Gasteiger partial charge in [-0.15, -0.1) is 0 Å². The molecular formula is C21H27N3O3. The minimum absolute atomic E-state index is 0.117. The van der Waals surface area contributed by atoms with Crippen LogP contribution in [0.5, 0.6) is 11.5 Å². The van der Waals surface area contributed by atoms with Gasteiger partial charge >= 0.3 is 6.03 Å². The molecule has 1 heterocycles. The van der Waals surface area contributed by atoms with E-state index in [-0.39, 0.29) is 12.1 Å². The van der Waals surface area contributed by atoms with Crippen LogP contribution in [0.3, 0.4) is 0 Å².